The summed E-state index contributed by atoms with van der Waals surface area (Å²) in [7, 11) is 1.44. The number of anilines is 1. The molecule has 1 amide bonds. The third-order valence-electron chi connectivity index (χ3n) is 4.36. The molecule has 0 radical (unpaired) electrons. The lowest BCUT2D eigenvalue weighted by atomic mass is 10.0. The number of aromatic amines is 1. The van der Waals surface area contributed by atoms with Crippen molar-refractivity contribution in [2.45, 2.75) is 6.04 Å². The average molecular weight is 381 g/mol. The van der Waals surface area contributed by atoms with Gasteiger partial charge in [0.2, 0.25) is 0 Å². The lowest BCUT2D eigenvalue weighted by Gasteiger charge is -2.22. The van der Waals surface area contributed by atoms with E-state index in [2.05, 4.69) is 10.3 Å². The van der Waals surface area contributed by atoms with E-state index in [1.807, 2.05) is 6.07 Å². The Hall–Kier alpha value is -3.65. The number of hydrogen-bond donors (Lipinski definition) is 4. The molecule has 0 fully saturated rings. The van der Waals surface area contributed by atoms with Gasteiger partial charge in [0.1, 0.15) is 6.04 Å². The molecule has 1 atom stereocenters. The summed E-state index contributed by atoms with van der Waals surface area (Å²) in [5, 5.41) is 22.0. The van der Waals surface area contributed by atoms with Gasteiger partial charge in [-0.3, -0.25) is 19.3 Å². The smallest absolute Gasteiger partial charge is 0.325 e. The Morgan fingerprint density at radius 3 is 2.46 bits per heavy atom. The Balaban J connectivity index is 1.94. The molecule has 0 saturated carbocycles. The number of aromatic nitrogens is 1. The maximum absolute atomic E-state index is 12.4. The van der Waals surface area contributed by atoms with Crippen LogP contribution in [0, 0.1) is 0 Å². The van der Waals surface area contributed by atoms with Gasteiger partial charge in [0.25, 0.3) is 5.91 Å². The molecule has 0 unspecified atom stereocenters. The monoisotopic (exact) mass is 381 g/mol. The van der Waals surface area contributed by atoms with E-state index >= 15 is 0 Å². The number of carboxylic acids is 2. The van der Waals surface area contributed by atoms with E-state index in [0.717, 1.165) is 0 Å². The van der Waals surface area contributed by atoms with Crippen molar-refractivity contribution >= 4 is 34.4 Å². The molecular formula is C20H19N3O5. The van der Waals surface area contributed by atoms with Gasteiger partial charge in [0, 0.05) is 33.9 Å². The highest BCUT2D eigenvalue weighted by Gasteiger charge is 2.28. The molecule has 0 aliphatic heterocycles. The van der Waals surface area contributed by atoms with Crippen molar-refractivity contribution in [2.24, 2.45) is 0 Å². The van der Waals surface area contributed by atoms with Crippen LogP contribution in [0.2, 0.25) is 0 Å². The molecule has 28 heavy (non-hydrogen) atoms. The number of amides is 1. The van der Waals surface area contributed by atoms with E-state index in [0.29, 0.717) is 27.7 Å². The fourth-order valence-electron chi connectivity index (χ4n) is 3.10. The Morgan fingerprint density at radius 1 is 1.11 bits per heavy atom. The van der Waals surface area contributed by atoms with Gasteiger partial charge >= 0.3 is 11.9 Å². The van der Waals surface area contributed by atoms with E-state index in [-0.39, 0.29) is 5.91 Å². The molecule has 2 aromatic carbocycles. The van der Waals surface area contributed by atoms with E-state index in [9.17, 15) is 19.5 Å². The van der Waals surface area contributed by atoms with Gasteiger partial charge in [0.15, 0.2) is 0 Å². The third kappa shape index (κ3) is 4.02. The normalized spacial score (nSPS) is 12.1. The second-order valence-corrected chi connectivity index (χ2v) is 6.37. The second kappa shape index (κ2) is 7.93. The van der Waals surface area contributed by atoms with Gasteiger partial charge in [-0.25, -0.2) is 0 Å². The summed E-state index contributed by atoms with van der Waals surface area (Å²) >= 11 is 0. The van der Waals surface area contributed by atoms with Crippen LogP contribution in [0.3, 0.4) is 0 Å². The zero-order valence-corrected chi connectivity index (χ0v) is 15.0. The van der Waals surface area contributed by atoms with Crippen molar-refractivity contribution in [1.82, 2.24) is 9.88 Å². The highest BCUT2D eigenvalue weighted by Crippen LogP contribution is 2.30. The number of carboxylic acid groups (broad SMARTS) is 2. The van der Waals surface area contributed by atoms with Gasteiger partial charge in [-0.2, -0.15) is 0 Å². The summed E-state index contributed by atoms with van der Waals surface area (Å²) < 4.78 is 0. The molecule has 0 aliphatic carbocycles. The number of benzene rings is 2. The number of fused-ring (bicyclic) bond motifs is 1. The van der Waals surface area contributed by atoms with Crippen LogP contribution < -0.4 is 5.32 Å². The van der Waals surface area contributed by atoms with E-state index < -0.39 is 24.5 Å². The largest absolute Gasteiger partial charge is 0.480 e. The zero-order chi connectivity index (χ0) is 20.3. The summed E-state index contributed by atoms with van der Waals surface area (Å²) in [6, 6.07) is 12.7. The van der Waals surface area contributed by atoms with Crippen LogP contribution in [0.15, 0.2) is 54.7 Å². The maximum Gasteiger partial charge on any atom is 0.325 e. The number of carbonyl (C=O) groups is 3. The molecule has 3 rings (SSSR count). The number of carbonyl (C=O) groups excluding carboxylic acids is 1. The van der Waals surface area contributed by atoms with Gasteiger partial charge in [0.05, 0.1) is 6.54 Å². The molecule has 144 valence electrons. The lowest BCUT2D eigenvalue weighted by Crippen LogP contribution is -2.34. The molecule has 0 saturated heterocycles. The van der Waals surface area contributed by atoms with Crippen molar-refractivity contribution in [3.63, 3.8) is 0 Å². The third-order valence-corrected chi connectivity index (χ3v) is 4.36. The average Bonchev–Trinajstić information content (AvgIpc) is 3.04. The molecule has 8 heteroatoms. The number of H-pyrrole nitrogens is 1. The number of likely N-dealkylation sites (N-methyl/N-ethyl adjacent to an activating group) is 1. The van der Waals surface area contributed by atoms with Crippen LogP contribution in [0.1, 0.15) is 22.0 Å². The van der Waals surface area contributed by atoms with Crippen molar-refractivity contribution < 1.29 is 24.6 Å². The highest BCUT2D eigenvalue weighted by molar-refractivity contribution is 6.05. The molecule has 0 spiro atoms. The standard InChI is InChI=1S/C20H19N3O5/c1-23(11-17(24)25)18(20(27)28)15-10-21-16-8-7-13(9-14(15)16)22-19(26)12-5-3-2-4-6-12/h2-10,18,21H,11H2,1H3,(H,22,26)(H,24,25)(H,27,28)/t18-/m1/s1. The summed E-state index contributed by atoms with van der Waals surface area (Å²) in [6.07, 6.45) is 1.55. The topological polar surface area (TPSA) is 123 Å². The minimum atomic E-state index is -1.16. The van der Waals surface area contributed by atoms with Gasteiger partial charge in [-0.05, 0) is 37.4 Å². The minimum Gasteiger partial charge on any atom is -0.480 e. The van der Waals surface area contributed by atoms with E-state index in [4.69, 9.17) is 5.11 Å². The molecule has 0 aliphatic rings. The predicted octanol–water partition coefficient (Wildman–Crippen LogP) is 2.56. The molecule has 0 bridgehead atoms. The van der Waals surface area contributed by atoms with Crippen LogP contribution in [0.4, 0.5) is 5.69 Å². The number of rotatable bonds is 7. The van der Waals surface area contributed by atoms with Gasteiger partial charge in [-0.15, -0.1) is 0 Å². The van der Waals surface area contributed by atoms with Crippen LogP contribution in [-0.2, 0) is 9.59 Å². The molecular weight excluding hydrogens is 362 g/mol. The highest BCUT2D eigenvalue weighted by atomic mass is 16.4. The fraction of sp³-hybridized carbons (Fsp3) is 0.150. The minimum absolute atomic E-state index is 0.283. The van der Waals surface area contributed by atoms with Crippen molar-refractivity contribution in [3.8, 4) is 0 Å². The van der Waals surface area contributed by atoms with Crippen molar-refractivity contribution in [2.75, 3.05) is 18.9 Å². The van der Waals surface area contributed by atoms with Crippen LogP contribution >= 0.6 is 0 Å². The first kappa shape index (κ1) is 19.1. The van der Waals surface area contributed by atoms with Gasteiger partial charge < -0.3 is 20.5 Å². The van der Waals surface area contributed by atoms with Crippen LogP contribution in [-0.4, -0.2) is 51.5 Å². The van der Waals surface area contributed by atoms with Crippen molar-refractivity contribution in [1.29, 1.82) is 0 Å². The number of nitrogens with zero attached hydrogens (tertiary/aromatic N) is 1. The zero-order valence-electron chi connectivity index (χ0n) is 15.0. The Bertz CT molecular complexity index is 1030. The second-order valence-electron chi connectivity index (χ2n) is 6.37. The molecule has 8 nitrogen and oxygen atoms in total. The first-order chi connectivity index (χ1) is 13.4. The summed E-state index contributed by atoms with van der Waals surface area (Å²) in [5.41, 5.74) is 2.11. The fourth-order valence-corrected chi connectivity index (χ4v) is 3.10. The molecule has 3 aromatic rings. The summed E-state index contributed by atoms with van der Waals surface area (Å²) in [6.45, 7) is -0.423. The lowest BCUT2D eigenvalue weighted by molar-refractivity contribution is -0.145. The Kier molecular flexibility index (Phi) is 5.42. The predicted molar refractivity (Wildman–Crippen MR) is 103 cm³/mol. The molecule has 4 N–H and O–H groups in total. The molecule has 1 aromatic heterocycles. The summed E-state index contributed by atoms with van der Waals surface area (Å²) in [4.78, 5) is 39.4. The van der Waals surface area contributed by atoms with E-state index in [1.165, 1.54) is 11.9 Å². The van der Waals surface area contributed by atoms with Gasteiger partial charge in [-0.1, -0.05) is 18.2 Å². The van der Waals surface area contributed by atoms with Crippen LogP contribution in [0.25, 0.3) is 10.9 Å². The quantitative estimate of drug-likeness (QED) is 0.499. The SMILES string of the molecule is CN(CC(=O)O)[C@@H](C(=O)O)c1c[nH]c2ccc(NC(=O)c3ccccc3)cc12. The Labute approximate surface area is 160 Å². The number of hydrogen-bond acceptors (Lipinski definition) is 4. The van der Waals surface area contributed by atoms with Crippen LogP contribution in [0.5, 0.6) is 0 Å². The summed E-state index contributed by atoms with van der Waals surface area (Å²) in [5.74, 6) is -2.57. The Morgan fingerprint density at radius 2 is 1.82 bits per heavy atom. The maximum atomic E-state index is 12.4. The first-order valence-corrected chi connectivity index (χ1v) is 8.49. The van der Waals surface area contributed by atoms with Crippen molar-refractivity contribution in [3.05, 3.63) is 65.9 Å². The number of nitrogens with one attached hydrogen (secondary N) is 2. The molecule has 1 heterocycles. The first-order valence-electron chi connectivity index (χ1n) is 8.49. The number of aliphatic carboxylic acids is 2. The van der Waals surface area contributed by atoms with E-state index in [1.54, 1.807) is 48.7 Å².